The second-order valence-electron chi connectivity index (χ2n) is 6.53. The number of carbonyl (C=O) groups excluding carboxylic acids is 1. The van der Waals surface area contributed by atoms with Crippen LogP contribution in [0.25, 0.3) is 0 Å². The van der Waals surface area contributed by atoms with Crippen LogP contribution in [-0.4, -0.2) is 23.7 Å². The predicted octanol–water partition coefficient (Wildman–Crippen LogP) is 5.45. The molecule has 1 atom stereocenters. The van der Waals surface area contributed by atoms with Gasteiger partial charge in [0.2, 0.25) is 0 Å². The summed E-state index contributed by atoms with van der Waals surface area (Å²) < 4.78 is 6.56. The van der Waals surface area contributed by atoms with Crippen molar-refractivity contribution >= 4 is 27.5 Å². The summed E-state index contributed by atoms with van der Waals surface area (Å²) in [5.74, 6) is 0.634. The summed E-state index contributed by atoms with van der Waals surface area (Å²) in [6.07, 6.45) is 0.626. The maximum absolute atomic E-state index is 13.2. The lowest BCUT2D eigenvalue weighted by Gasteiger charge is -2.23. The van der Waals surface area contributed by atoms with Crippen LogP contribution in [0.1, 0.15) is 33.9 Å². The molecule has 0 N–H and O–H groups in total. The lowest BCUT2D eigenvalue weighted by Crippen LogP contribution is -2.27. The minimum Gasteiger partial charge on any atom is -0.496 e. The van der Waals surface area contributed by atoms with E-state index >= 15 is 0 Å². The minimum absolute atomic E-state index is 0.122. The third kappa shape index (κ3) is 3.58. The van der Waals surface area contributed by atoms with E-state index in [1.807, 2.05) is 78.9 Å². The smallest absolute Gasteiger partial charge is 0.274 e. The Morgan fingerprint density at radius 1 is 1.00 bits per heavy atom. The standard InChI is InChI=1S/C23H19BrN2O2/c1-28-22-10-6-5-9-19(22)21-15-20(16-11-13-18(24)14-12-16)25-26(21)23(27)17-7-3-2-4-8-17/h2-14,21H,15H2,1H3. The van der Waals surface area contributed by atoms with Gasteiger partial charge in [-0.2, -0.15) is 5.10 Å². The van der Waals surface area contributed by atoms with Gasteiger partial charge >= 0.3 is 0 Å². The Morgan fingerprint density at radius 3 is 2.39 bits per heavy atom. The molecule has 1 aliphatic rings. The molecule has 0 fully saturated rings. The van der Waals surface area contributed by atoms with Crippen LogP contribution in [0.2, 0.25) is 0 Å². The van der Waals surface area contributed by atoms with Crippen LogP contribution < -0.4 is 4.74 Å². The van der Waals surface area contributed by atoms with Crippen molar-refractivity contribution in [2.24, 2.45) is 5.10 Å². The number of carbonyl (C=O) groups is 1. The number of methoxy groups -OCH3 is 1. The maximum atomic E-state index is 13.2. The van der Waals surface area contributed by atoms with E-state index in [-0.39, 0.29) is 11.9 Å². The van der Waals surface area contributed by atoms with Gasteiger partial charge in [0.25, 0.3) is 5.91 Å². The molecule has 28 heavy (non-hydrogen) atoms. The molecule has 0 bridgehead atoms. The molecule has 5 heteroatoms. The first-order valence-electron chi connectivity index (χ1n) is 9.02. The quantitative estimate of drug-likeness (QED) is 0.547. The average molecular weight is 435 g/mol. The zero-order chi connectivity index (χ0) is 19.5. The third-order valence-corrected chi connectivity index (χ3v) is 5.34. The number of hydrogen-bond acceptors (Lipinski definition) is 3. The summed E-state index contributed by atoms with van der Waals surface area (Å²) >= 11 is 3.47. The van der Waals surface area contributed by atoms with Crippen LogP contribution in [0, 0.1) is 0 Å². The van der Waals surface area contributed by atoms with Gasteiger partial charge in [-0.05, 0) is 35.9 Å². The summed E-state index contributed by atoms with van der Waals surface area (Å²) in [5, 5.41) is 6.31. The van der Waals surface area contributed by atoms with E-state index in [9.17, 15) is 4.79 Å². The van der Waals surface area contributed by atoms with Gasteiger partial charge in [-0.15, -0.1) is 0 Å². The van der Waals surface area contributed by atoms with Crippen LogP contribution >= 0.6 is 15.9 Å². The number of hydrogen-bond donors (Lipinski definition) is 0. The number of rotatable bonds is 4. The fourth-order valence-electron chi connectivity index (χ4n) is 3.41. The van der Waals surface area contributed by atoms with Gasteiger partial charge in [0, 0.05) is 22.0 Å². The Balaban J connectivity index is 1.76. The number of amides is 1. The van der Waals surface area contributed by atoms with Crippen molar-refractivity contribution in [1.82, 2.24) is 5.01 Å². The first-order valence-corrected chi connectivity index (χ1v) is 9.81. The summed E-state index contributed by atoms with van der Waals surface area (Å²) in [6.45, 7) is 0. The number of halogens is 1. The fourth-order valence-corrected chi connectivity index (χ4v) is 3.68. The number of benzene rings is 3. The Labute approximate surface area is 172 Å². The fraction of sp³-hybridized carbons (Fsp3) is 0.130. The molecule has 4 nitrogen and oxygen atoms in total. The van der Waals surface area contributed by atoms with Crippen LogP contribution in [0.4, 0.5) is 0 Å². The number of ether oxygens (including phenoxy) is 1. The molecule has 0 aliphatic carbocycles. The second kappa shape index (κ2) is 7.98. The van der Waals surface area contributed by atoms with Crippen molar-refractivity contribution in [3.8, 4) is 5.75 Å². The average Bonchev–Trinajstić information content (AvgIpc) is 3.19. The predicted molar refractivity (Wildman–Crippen MR) is 114 cm³/mol. The molecular formula is C23H19BrN2O2. The van der Waals surface area contributed by atoms with Crippen molar-refractivity contribution in [2.75, 3.05) is 7.11 Å². The second-order valence-corrected chi connectivity index (χ2v) is 7.45. The Morgan fingerprint density at radius 2 is 1.68 bits per heavy atom. The molecule has 1 unspecified atom stereocenters. The molecular weight excluding hydrogens is 416 g/mol. The van der Waals surface area contributed by atoms with Crippen molar-refractivity contribution in [3.63, 3.8) is 0 Å². The van der Waals surface area contributed by atoms with Gasteiger partial charge < -0.3 is 4.74 Å². The normalized spacial score (nSPS) is 16.0. The highest BCUT2D eigenvalue weighted by Gasteiger charge is 2.35. The first-order chi connectivity index (χ1) is 13.7. The highest BCUT2D eigenvalue weighted by Crippen LogP contribution is 2.38. The first kappa shape index (κ1) is 18.4. The largest absolute Gasteiger partial charge is 0.496 e. The molecule has 3 aromatic carbocycles. The Kier molecular flexibility index (Phi) is 5.26. The Hall–Kier alpha value is -2.92. The van der Waals surface area contributed by atoms with Gasteiger partial charge in [-0.25, -0.2) is 5.01 Å². The number of hydrazone groups is 1. The zero-order valence-electron chi connectivity index (χ0n) is 15.4. The molecule has 0 saturated carbocycles. The molecule has 1 heterocycles. The molecule has 140 valence electrons. The minimum atomic E-state index is -0.220. The maximum Gasteiger partial charge on any atom is 0.274 e. The van der Waals surface area contributed by atoms with Crippen molar-refractivity contribution in [3.05, 3.63) is 100 Å². The molecule has 4 rings (SSSR count). The van der Waals surface area contributed by atoms with E-state index in [4.69, 9.17) is 9.84 Å². The van der Waals surface area contributed by atoms with Gasteiger partial charge in [-0.1, -0.05) is 64.5 Å². The van der Waals surface area contributed by atoms with Gasteiger partial charge in [-0.3, -0.25) is 4.79 Å². The van der Waals surface area contributed by atoms with E-state index in [0.29, 0.717) is 12.0 Å². The highest BCUT2D eigenvalue weighted by molar-refractivity contribution is 9.10. The lowest BCUT2D eigenvalue weighted by molar-refractivity contribution is 0.0709. The number of para-hydroxylation sites is 1. The van der Waals surface area contributed by atoms with Crippen molar-refractivity contribution in [2.45, 2.75) is 12.5 Å². The van der Waals surface area contributed by atoms with Crippen molar-refractivity contribution in [1.29, 1.82) is 0 Å². The van der Waals surface area contributed by atoms with E-state index in [2.05, 4.69) is 15.9 Å². The molecule has 0 saturated heterocycles. The van der Waals surface area contributed by atoms with Crippen LogP contribution in [0.5, 0.6) is 5.75 Å². The van der Waals surface area contributed by atoms with Gasteiger partial charge in [0.1, 0.15) is 5.75 Å². The SMILES string of the molecule is COc1ccccc1C1CC(c2ccc(Br)cc2)=NN1C(=O)c1ccccc1. The molecule has 1 amide bonds. The highest BCUT2D eigenvalue weighted by atomic mass is 79.9. The molecule has 3 aromatic rings. The monoisotopic (exact) mass is 434 g/mol. The van der Waals surface area contributed by atoms with Crippen LogP contribution in [0.15, 0.2) is 88.4 Å². The summed E-state index contributed by atoms with van der Waals surface area (Å²) in [7, 11) is 1.65. The van der Waals surface area contributed by atoms with Crippen molar-refractivity contribution < 1.29 is 9.53 Å². The molecule has 0 aromatic heterocycles. The Bertz CT molecular complexity index is 1020. The summed E-state index contributed by atoms with van der Waals surface area (Å²) in [6, 6.07) is 24.8. The zero-order valence-corrected chi connectivity index (χ0v) is 17.0. The summed E-state index contributed by atoms with van der Waals surface area (Å²) in [4.78, 5) is 13.2. The summed E-state index contributed by atoms with van der Waals surface area (Å²) in [5.41, 5.74) is 3.45. The molecule has 0 radical (unpaired) electrons. The van der Waals surface area contributed by atoms with Crippen LogP contribution in [-0.2, 0) is 0 Å². The van der Waals surface area contributed by atoms with E-state index < -0.39 is 0 Å². The molecule has 1 aliphatic heterocycles. The van der Waals surface area contributed by atoms with Gasteiger partial charge in [0.15, 0.2) is 0 Å². The van der Waals surface area contributed by atoms with Gasteiger partial charge in [0.05, 0.1) is 18.9 Å². The number of nitrogens with zero attached hydrogens (tertiary/aromatic N) is 2. The van der Waals surface area contributed by atoms with E-state index in [1.165, 1.54) is 0 Å². The van der Waals surface area contributed by atoms with E-state index in [0.717, 1.165) is 27.1 Å². The van der Waals surface area contributed by atoms with Crippen LogP contribution in [0.3, 0.4) is 0 Å². The lowest BCUT2D eigenvalue weighted by atomic mass is 9.97. The van der Waals surface area contributed by atoms with E-state index in [1.54, 1.807) is 12.1 Å². The third-order valence-electron chi connectivity index (χ3n) is 4.81. The molecule has 0 spiro atoms. The topological polar surface area (TPSA) is 41.9 Å².